The summed E-state index contributed by atoms with van der Waals surface area (Å²) >= 11 is 0. The molecule has 2 amide bonds. The van der Waals surface area contributed by atoms with Gasteiger partial charge in [0.1, 0.15) is 5.69 Å². The van der Waals surface area contributed by atoms with E-state index in [-0.39, 0.29) is 5.91 Å². The highest BCUT2D eigenvalue weighted by Crippen LogP contribution is 2.38. The lowest BCUT2D eigenvalue weighted by atomic mass is 9.76. The Kier molecular flexibility index (Phi) is 3.69. The number of nitrogens with zero attached hydrogens (tertiary/aromatic N) is 3. The Morgan fingerprint density at radius 1 is 1.08 bits per heavy atom. The molecule has 0 N–H and O–H groups in total. The SMILES string of the molecule is O=C(c1ccc2ccccc2n1)N1C[C@H]2C[C@H](C1)[C@H]1CCCC(=O)N1C2. The van der Waals surface area contributed by atoms with Crippen LogP contribution in [0.25, 0.3) is 10.9 Å². The molecule has 3 atom stereocenters. The number of benzene rings is 1. The normalized spacial score (nSPS) is 28.2. The molecule has 2 bridgehead atoms. The van der Waals surface area contributed by atoms with Crippen LogP contribution in [0.15, 0.2) is 36.4 Å². The molecule has 26 heavy (non-hydrogen) atoms. The van der Waals surface area contributed by atoms with Gasteiger partial charge < -0.3 is 9.80 Å². The maximum atomic E-state index is 13.1. The molecule has 3 aliphatic rings. The van der Waals surface area contributed by atoms with Crippen molar-refractivity contribution in [1.29, 1.82) is 0 Å². The van der Waals surface area contributed by atoms with E-state index in [1.807, 2.05) is 41.3 Å². The first-order valence-electron chi connectivity index (χ1n) is 9.63. The molecular weight excluding hydrogens is 326 g/mol. The summed E-state index contributed by atoms with van der Waals surface area (Å²) in [6.07, 6.45) is 3.91. The van der Waals surface area contributed by atoms with Crippen molar-refractivity contribution in [2.45, 2.75) is 31.7 Å². The van der Waals surface area contributed by atoms with E-state index in [1.165, 1.54) is 0 Å². The van der Waals surface area contributed by atoms with Gasteiger partial charge in [-0.15, -0.1) is 0 Å². The van der Waals surface area contributed by atoms with Gasteiger partial charge in [0.15, 0.2) is 0 Å². The van der Waals surface area contributed by atoms with Crippen LogP contribution in [-0.2, 0) is 4.79 Å². The standard InChI is InChI=1S/C21H23N3O2/c25-20-7-3-6-19-16-10-14(12-24(19)20)11-23(13-16)21(26)18-9-8-15-4-1-2-5-17(15)22-18/h1-2,4-5,8-9,14,16,19H,3,6-7,10-13H2/t14-,16-,19-/m1/s1. The number of piperidine rings is 3. The van der Waals surface area contributed by atoms with Crippen molar-refractivity contribution in [1.82, 2.24) is 14.8 Å². The molecule has 4 heterocycles. The lowest BCUT2D eigenvalue weighted by Crippen LogP contribution is -2.61. The first-order valence-corrected chi connectivity index (χ1v) is 9.63. The van der Waals surface area contributed by atoms with Gasteiger partial charge in [-0.3, -0.25) is 9.59 Å². The zero-order valence-electron chi connectivity index (χ0n) is 14.8. The van der Waals surface area contributed by atoms with E-state index >= 15 is 0 Å². The number of hydrogen-bond donors (Lipinski definition) is 0. The van der Waals surface area contributed by atoms with Crippen LogP contribution in [0.3, 0.4) is 0 Å². The Balaban J connectivity index is 1.39. The van der Waals surface area contributed by atoms with Crippen molar-refractivity contribution in [3.63, 3.8) is 0 Å². The zero-order valence-corrected chi connectivity index (χ0v) is 14.8. The van der Waals surface area contributed by atoms with Crippen molar-refractivity contribution in [2.75, 3.05) is 19.6 Å². The third kappa shape index (κ3) is 2.57. The maximum Gasteiger partial charge on any atom is 0.272 e. The Morgan fingerprint density at radius 3 is 2.88 bits per heavy atom. The van der Waals surface area contributed by atoms with E-state index in [4.69, 9.17) is 0 Å². The molecule has 134 valence electrons. The van der Waals surface area contributed by atoms with Gasteiger partial charge in [0.2, 0.25) is 5.91 Å². The third-order valence-electron chi connectivity index (χ3n) is 6.28. The van der Waals surface area contributed by atoms with E-state index in [0.29, 0.717) is 35.9 Å². The topological polar surface area (TPSA) is 53.5 Å². The number of likely N-dealkylation sites (tertiary alicyclic amines) is 1. The number of rotatable bonds is 1. The quantitative estimate of drug-likeness (QED) is 0.795. The van der Waals surface area contributed by atoms with Gasteiger partial charge in [-0.1, -0.05) is 24.3 Å². The number of amides is 2. The van der Waals surface area contributed by atoms with Gasteiger partial charge in [-0.05, 0) is 43.2 Å². The van der Waals surface area contributed by atoms with E-state index in [0.717, 1.165) is 49.8 Å². The van der Waals surface area contributed by atoms with E-state index in [9.17, 15) is 9.59 Å². The molecule has 5 heteroatoms. The minimum absolute atomic E-state index is 0.0287. The molecule has 0 saturated carbocycles. The number of para-hydroxylation sites is 1. The fourth-order valence-corrected chi connectivity index (χ4v) is 5.12. The number of carbonyl (C=O) groups excluding carboxylic acids is 2. The highest BCUT2D eigenvalue weighted by Gasteiger charge is 2.44. The van der Waals surface area contributed by atoms with Gasteiger partial charge in [0.05, 0.1) is 5.52 Å². The number of aromatic nitrogens is 1. The van der Waals surface area contributed by atoms with Gasteiger partial charge in [0, 0.05) is 37.5 Å². The summed E-state index contributed by atoms with van der Waals surface area (Å²) in [7, 11) is 0. The molecule has 3 saturated heterocycles. The van der Waals surface area contributed by atoms with Crippen LogP contribution in [0.1, 0.15) is 36.2 Å². The fraction of sp³-hybridized carbons (Fsp3) is 0.476. The second-order valence-electron chi connectivity index (χ2n) is 7.97. The summed E-state index contributed by atoms with van der Waals surface area (Å²) in [4.78, 5) is 34.0. The van der Waals surface area contributed by atoms with Crippen LogP contribution in [0.4, 0.5) is 0 Å². The first kappa shape index (κ1) is 15.8. The molecular formula is C21H23N3O2. The predicted octanol–water partition coefficient (Wildman–Crippen LogP) is 2.71. The van der Waals surface area contributed by atoms with Crippen LogP contribution in [0.2, 0.25) is 0 Å². The van der Waals surface area contributed by atoms with Crippen LogP contribution in [0, 0.1) is 11.8 Å². The summed E-state index contributed by atoms with van der Waals surface area (Å²) in [5.41, 5.74) is 1.39. The van der Waals surface area contributed by atoms with Crippen molar-refractivity contribution in [3.05, 3.63) is 42.1 Å². The Hall–Kier alpha value is -2.43. The highest BCUT2D eigenvalue weighted by atomic mass is 16.2. The average molecular weight is 349 g/mol. The summed E-state index contributed by atoms with van der Waals surface area (Å²) in [5, 5.41) is 1.05. The van der Waals surface area contributed by atoms with Gasteiger partial charge in [-0.2, -0.15) is 0 Å². The smallest absolute Gasteiger partial charge is 0.272 e. The number of carbonyl (C=O) groups is 2. The molecule has 3 aliphatic heterocycles. The van der Waals surface area contributed by atoms with Gasteiger partial charge in [0.25, 0.3) is 5.91 Å². The zero-order chi connectivity index (χ0) is 17.7. The first-order chi connectivity index (χ1) is 12.7. The van der Waals surface area contributed by atoms with Crippen LogP contribution >= 0.6 is 0 Å². The van der Waals surface area contributed by atoms with Crippen LogP contribution in [0.5, 0.6) is 0 Å². The largest absolute Gasteiger partial charge is 0.339 e. The summed E-state index contributed by atoms with van der Waals surface area (Å²) in [5.74, 6) is 1.15. The minimum atomic E-state index is 0.0287. The molecule has 2 aromatic rings. The minimum Gasteiger partial charge on any atom is -0.339 e. The second kappa shape index (κ2) is 6.08. The lowest BCUT2D eigenvalue weighted by molar-refractivity contribution is -0.144. The van der Waals surface area contributed by atoms with Crippen molar-refractivity contribution >= 4 is 22.7 Å². The lowest BCUT2D eigenvalue weighted by Gasteiger charge is -2.52. The van der Waals surface area contributed by atoms with E-state index in [1.54, 1.807) is 0 Å². The third-order valence-corrected chi connectivity index (χ3v) is 6.28. The summed E-state index contributed by atoms with van der Waals surface area (Å²) in [6.45, 7) is 2.30. The molecule has 0 radical (unpaired) electrons. The summed E-state index contributed by atoms with van der Waals surface area (Å²) in [6, 6.07) is 12.0. The fourth-order valence-electron chi connectivity index (χ4n) is 5.12. The van der Waals surface area contributed by atoms with Crippen LogP contribution < -0.4 is 0 Å². The van der Waals surface area contributed by atoms with E-state index in [2.05, 4.69) is 9.88 Å². The monoisotopic (exact) mass is 349 g/mol. The Labute approximate surface area is 153 Å². The Bertz CT molecular complexity index is 880. The molecule has 1 aromatic carbocycles. The predicted molar refractivity (Wildman–Crippen MR) is 98.6 cm³/mol. The van der Waals surface area contributed by atoms with Crippen molar-refractivity contribution in [3.8, 4) is 0 Å². The summed E-state index contributed by atoms with van der Waals surface area (Å²) < 4.78 is 0. The molecule has 0 unspecified atom stereocenters. The average Bonchev–Trinajstić information content (AvgIpc) is 2.68. The van der Waals surface area contributed by atoms with E-state index < -0.39 is 0 Å². The highest BCUT2D eigenvalue weighted by molar-refractivity contribution is 5.95. The van der Waals surface area contributed by atoms with Crippen molar-refractivity contribution < 1.29 is 9.59 Å². The molecule has 5 nitrogen and oxygen atoms in total. The Morgan fingerprint density at radius 2 is 1.96 bits per heavy atom. The molecule has 5 rings (SSSR count). The molecule has 0 aliphatic carbocycles. The van der Waals surface area contributed by atoms with Crippen molar-refractivity contribution in [2.24, 2.45) is 11.8 Å². The van der Waals surface area contributed by atoms with Gasteiger partial charge >= 0.3 is 0 Å². The second-order valence-corrected chi connectivity index (χ2v) is 7.97. The molecule has 3 fully saturated rings. The number of hydrogen-bond acceptors (Lipinski definition) is 3. The van der Waals surface area contributed by atoms with Gasteiger partial charge in [-0.25, -0.2) is 4.98 Å². The molecule has 0 spiro atoms. The number of fused-ring (bicyclic) bond motifs is 5. The number of pyridine rings is 1. The molecule has 1 aromatic heterocycles. The maximum absolute atomic E-state index is 13.1. The van der Waals surface area contributed by atoms with Crippen LogP contribution in [-0.4, -0.2) is 52.3 Å².